The molecule has 0 spiro atoms. The minimum Gasteiger partial charge on any atom is -0.345 e. The van der Waals surface area contributed by atoms with E-state index in [2.05, 4.69) is 5.32 Å². The monoisotopic (exact) mass is 317 g/mol. The fourth-order valence-corrected chi connectivity index (χ4v) is 2.62. The quantitative estimate of drug-likeness (QED) is 0.841. The van der Waals surface area contributed by atoms with E-state index < -0.39 is 5.54 Å². The lowest BCUT2D eigenvalue weighted by atomic mass is 9.88. The van der Waals surface area contributed by atoms with Crippen LogP contribution in [0.4, 0.5) is 0 Å². The van der Waals surface area contributed by atoms with Gasteiger partial charge in [-0.05, 0) is 37.0 Å². The van der Waals surface area contributed by atoms with E-state index in [1.165, 1.54) is 0 Å². The molecule has 0 aromatic heterocycles. The van der Waals surface area contributed by atoms with Gasteiger partial charge in [-0.15, -0.1) is 0 Å². The van der Waals surface area contributed by atoms with E-state index >= 15 is 0 Å². The van der Waals surface area contributed by atoms with Crippen molar-refractivity contribution in [3.63, 3.8) is 0 Å². The first kappa shape index (κ1) is 17.5. The Morgan fingerprint density at radius 3 is 2.48 bits per heavy atom. The van der Waals surface area contributed by atoms with Gasteiger partial charge in [-0.3, -0.25) is 9.59 Å². The van der Waals surface area contributed by atoms with Crippen molar-refractivity contribution in [2.24, 2.45) is 11.7 Å². The maximum absolute atomic E-state index is 12.4. The van der Waals surface area contributed by atoms with E-state index in [9.17, 15) is 9.59 Å². The highest BCUT2D eigenvalue weighted by Gasteiger charge is 2.29. The lowest BCUT2D eigenvalue weighted by Gasteiger charge is -2.33. The molecule has 1 unspecified atom stereocenters. The van der Waals surface area contributed by atoms with E-state index in [0.29, 0.717) is 25.1 Å². The Morgan fingerprint density at radius 2 is 2.00 bits per heavy atom. The van der Waals surface area contributed by atoms with Gasteiger partial charge in [-0.25, -0.2) is 0 Å². The SMILES string of the molecule is CC(C)C(C)(CN)NC(=O)c1ccc(CN2CCCC2=O)cc1. The Balaban J connectivity index is 2.01. The fraction of sp³-hybridized carbons (Fsp3) is 0.556. The molecular weight excluding hydrogens is 290 g/mol. The van der Waals surface area contributed by atoms with Gasteiger partial charge < -0.3 is 16.0 Å². The zero-order valence-corrected chi connectivity index (χ0v) is 14.3. The van der Waals surface area contributed by atoms with Crippen LogP contribution in [0.15, 0.2) is 24.3 Å². The standard InChI is InChI=1S/C18H27N3O2/c1-13(2)18(3,12-19)20-17(23)15-8-6-14(7-9-15)11-21-10-4-5-16(21)22/h6-9,13H,4-5,10-12,19H2,1-3H3,(H,20,23). The van der Waals surface area contributed by atoms with Crippen molar-refractivity contribution in [1.82, 2.24) is 10.2 Å². The number of nitrogens with zero attached hydrogens (tertiary/aromatic N) is 1. The van der Waals surface area contributed by atoms with Crippen LogP contribution >= 0.6 is 0 Å². The third-order valence-corrected chi connectivity index (χ3v) is 4.86. The molecule has 0 radical (unpaired) electrons. The normalized spacial score (nSPS) is 17.4. The molecule has 1 fully saturated rings. The number of carbonyl (C=O) groups excluding carboxylic acids is 2. The van der Waals surface area contributed by atoms with Crippen molar-refractivity contribution >= 4 is 11.8 Å². The Hall–Kier alpha value is -1.88. The molecular formula is C18H27N3O2. The predicted molar refractivity (Wildman–Crippen MR) is 90.9 cm³/mol. The number of carbonyl (C=O) groups is 2. The second-order valence-electron chi connectivity index (χ2n) is 6.85. The predicted octanol–water partition coefficient (Wildman–Crippen LogP) is 1.91. The van der Waals surface area contributed by atoms with E-state index in [1.54, 1.807) is 0 Å². The summed E-state index contributed by atoms with van der Waals surface area (Å²) in [5.74, 6) is 0.342. The van der Waals surface area contributed by atoms with Gasteiger partial charge in [0.25, 0.3) is 5.91 Å². The summed E-state index contributed by atoms with van der Waals surface area (Å²) in [6.45, 7) is 7.89. The van der Waals surface area contributed by atoms with Gasteiger partial charge in [-0.2, -0.15) is 0 Å². The second-order valence-corrected chi connectivity index (χ2v) is 6.85. The van der Waals surface area contributed by atoms with Crippen LogP contribution in [0.2, 0.25) is 0 Å². The van der Waals surface area contributed by atoms with Crippen LogP contribution in [-0.2, 0) is 11.3 Å². The molecule has 1 aliphatic heterocycles. The Bertz CT molecular complexity index is 568. The minimum atomic E-state index is -0.419. The van der Waals surface area contributed by atoms with Gasteiger partial charge in [0.1, 0.15) is 0 Å². The molecule has 3 N–H and O–H groups in total. The van der Waals surface area contributed by atoms with E-state index in [0.717, 1.165) is 18.5 Å². The third kappa shape index (κ3) is 4.10. The van der Waals surface area contributed by atoms with Crippen LogP contribution < -0.4 is 11.1 Å². The van der Waals surface area contributed by atoms with Gasteiger partial charge in [0.15, 0.2) is 0 Å². The first-order chi connectivity index (χ1) is 10.9. The van der Waals surface area contributed by atoms with Crippen molar-refractivity contribution in [3.05, 3.63) is 35.4 Å². The van der Waals surface area contributed by atoms with E-state index in [-0.39, 0.29) is 17.7 Å². The number of nitrogens with two attached hydrogens (primary N) is 1. The Labute approximate surface area is 138 Å². The molecule has 1 atom stereocenters. The fourth-order valence-electron chi connectivity index (χ4n) is 2.62. The van der Waals surface area contributed by atoms with Gasteiger partial charge >= 0.3 is 0 Å². The molecule has 0 saturated carbocycles. The molecule has 0 aliphatic carbocycles. The topological polar surface area (TPSA) is 75.4 Å². The highest BCUT2D eigenvalue weighted by molar-refractivity contribution is 5.94. The summed E-state index contributed by atoms with van der Waals surface area (Å²) in [4.78, 5) is 25.9. The molecule has 1 aliphatic rings. The average Bonchev–Trinajstić information content (AvgIpc) is 2.92. The summed E-state index contributed by atoms with van der Waals surface area (Å²) in [7, 11) is 0. The lowest BCUT2D eigenvalue weighted by Crippen LogP contribution is -2.55. The van der Waals surface area contributed by atoms with E-state index in [1.807, 2.05) is 49.9 Å². The largest absolute Gasteiger partial charge is 0.345 e. The molecule has 2 amide bonds. The smallest absolute Gasteiger partial charge is 0.251 e. The lowest BCUT2D eigenvalue weighted by molar-refractivity contribution is -0.128. The summed E-state index contributed by atoms with van der Waals surface area (Å²) in [5, 5.41) is 3.03. The van der Waals surface area contributed by atoms with Crippen molar-refractivity contribution in [2.75, 3.05) is 13.1 Å². The summed E-state index contributed by atoms with van der Waals surface area (Å²) in [6, 6.07) is 7.44. The van der Waals surface area contributed by atoms with Gasteiger partial charge in [0, 0.05) is 31.6 Å². The molecule has 5 heteroatoms. The van der Waals surface area contributed by atoms with E-state index in [4.69, 9.17) is 5.73 Å². The number of hydrogen-bond donors (Lipinski definition) is 2. The molecule has 1 heterocycles. The van der Waals surface area contributed by atoms with Crippen LogP contribution in [0.5, 0.6) is 0 Å². The zero-order valence-electron chi connectivity index (χ0n) is 14.3. The molecule has 1 saturated heterocycles. The van der Waals surface area contributed by atoms with Crippen LogP contribution in [-0.4, -0.2) is 35.3 Å². The van der Waals surface area contributed by atoms with Crippen LogP contribution in [0.3, 0.4) is 0 Å². The molecule has 1 aromatic rings. The van der Waals surface area contributed by atoms with Crippen molar-refractivity contribution in [2.45, 2.75) is 45.7 Å². The highest BCUT2D eigenvalue weighted by Crippen LogP contribution is 2.17. The molecule has 1 aromatic carbocycles. The molecule has 2 rings (SSSR count). The van der Waals surface area contributed by atoms with Crippen LogP contribution in [0.1, 0.15) is 49.5 Å². The summed E-state index contributed by atoms with van der Waals surface area (Å²) >= 11 is 0. The molecule has 5 nitrogen and oxygen atoms in total. The summed E-state index contributed by atoms with van der Waals surface area (Å²) in [5.41, 5.74) is 7.05. The first-order valence-electron chi connectivity index (χ1n) is 8.25. The third-order valence-electron chi connectivity index (χ3n) is 4.86. The Kier molecular flexibility index (Phi) is 5.42. The van der Waals surface area contributed by atoms with Crippen molar-refractivity contribution in [1.29, 1.82) is 0 Å². The number of amides is 2. The zero-order chi connectivity index (χ0) is 17.0. The second kappa shape index (κ2) is 7.13. The molecule has 126 valence electrons. The summed E-state index contributed by atoms with van der Waals surface area (Å²) < 4.78 is 0. The van der Waals surface area contributed by atoms with Crippen molar-refractivity contribution in [3.8, 4) is 0 Å². The maximum atomic E-state index is 12.4. The van der Waals surface area contributed by atoms with Crippen LogP contribution in [0.25, 0.3) is 0 Å². The molecule has 23 heavy (non-hydrogen) atoms. The number of nitrogens with one attached hydrogen (secondary N) is 1. The van der Waals surface area contributed by atoms with Gasteiger partial charge in [0.2, 0.25) is 5.91 Å². The minimum absolute atomic E-state index is 0.115. The number of benzene rings is 1. The van der Waals surface area contributed by atoms with Gasteiger partial charge in [0.05, 0.1) is 5.54 Å². The molecule has 0 bridgehead atoms. The Morgan fingerprint density at radius 1 is 1.35 bits per heavy atom. The summed E-state index contributed by atoms with van der Waals surface area (Å²) in [6.07, 6.45) is 1.58. The number of rotatable bonds is 6. The number of hydrogen-bond acceptors (Lipinski definition) is 3. The van der Waals surface area contributed by atoms with Crippen LogP contribution in [0, 0.1) is 5.92 Å². The highest BCUT2D eigenvalue weighted by atomic mass is 16.2. The number of likely N-dealkylation sites (tertiary alicyclic amines) is 1. The maximum Gasteiger partial charge on any atom is 0.251 e. The average molecular weight is 317 g/mol. The first-order valence-corrected chi connectivity index (χ1v) is 8.25. The van der Waals surface area contributed by atoms with Crippen molar-refractivity contribution < 1.29 is 9.59 Å². The van der Waals surface area contributed by atoms with Gasteiger partial charge in [-0.1, -0.05) is 26.0 Å².